The predicted molar refractivity (Wildman–Crippen MR) is 70.9 cm³/mol. The fourth-order valence-corrected chi connectivity index (χ4v) is 3.90. The fourth-order valence-electron chi connectivity index (χ4n) is 2.15. The van der Waals surface area contributed by atoms with Gasteiger partial charge in [-0.25, -0.2) is 8.42 Å². The van der Waals surface area contributed by atoms with Crippen molar-refractivity contribution in [2.75, 3.05) is 6.54 Å². The van der Waals surface area contributed by atoms with Crippen molar-refractivity contribution in [3.05, 3.63) is 34.4 Å². The van der Waals surface area contributed by atoms with Crippen LogP contribution in [0.1, 0.15) is 19.3 Å². The van der Waals surface area contributed by atoms with E-state index < -0.39 is 20.0 Å². The zero-order valence-electron chi connectivity index (χ0n) is 10.6. The van der Waals surface area contributed by atoms with Crippen molar-refractivity contribution in [1.82, 2.24) is 5.32 Å². The number of non-ortho nitro benzene ring substituents is 1. The number of hydrogen-bond donors (Lipinski definition) is 1. The van der Waals surface area contributed by atoms with Gasteiger partial charge in [0.25, 0.3) is 5.69 Å². The van der Waals surface area contributed by atoms with Crippen LogP contribution >= 0.6 is 0 Å². The fraction of sp³-hybridized carbons (Fsp3) is 0.417. The Morgan fingerprint density at radius 1 is 1.25 bits per heavy atom. The number of rotatable bonds is 3. The Labute approximate surface area is 116 Å². The lowest BCUT2D eigenvalue weighted by atomic mass is 10.2. The molecule has 0 aromatic heterocycles. The molecule has 1 saturated heterocycles. The van der Waals surface area contributed by atoms with E-state index in [0.29, 0.717) is 19.4 Å². The van der Waals surface area contributed by atoms with E-state index in [1.807, 2.05) is 0 Å². The maximum atomic E-state index is 12.4. The number of nitrogens with one attached hydrogen (secondary N) is 1. The van der Waals surface area contributed by atoms with E-state index in [0.717, 1.165) is 12.1 Å². The molecule has 0 aliphatic carbocycles. The number of carbonyl (C=O) groups is 1. The summed E-state index contributed by atoms with van der Waals surface area (Å²) in [6, 6.07) is 4.75. The lowest BCUT2D eigenvalue weighted by Crippen LogP contribution is -2.27. The highest BCUT2D eigenvalue weighted by molar-refractivity contribution is 7.92. The molecule has 0 radical (unpaired) electrons. The molecular weight excluding hydrogens is 284 g/mol. The van der Waals surface area contributed by atoms with E-state index in [-0.39, 0.29) is 22.9 Å². The minimum absolute atomic E-state index is 0.0165. The van der Waals surface area contributed by atoms with Gasteiger partial charge in [-0.15, -0.1) is 0 Å². The summed E-state index contributed by atoms with van der Waals surface area (Å²) in [6.45, 7) is 0.477. The molecule has 1 N–H and O–H groups in total. The van der Waals surface area contributed by atoms with E-state index in [2.05, 4.69) is 5.32 Å². The third-order valence-electron chi connectivity index (χ3n) is 3.25. The molecule has 1 fully saturated rings. The largest absolute Gasteiger partial charge is 0.356 e. The maximum absolute atomic E-state index is 12.4. The lowest BCUT2D eigenvalue weighted by molar-refractivity contribution is -0.384. The van der Waals surface area contributed by atoms with Gasteiger partial charge < -0.3 is 5.32 Å². The number of hydrogen-bond acceptors (Lipinski definition) is 5. The molecule has 1 aromatic rings. The van der Waals surface area contributed by atoms with Crippen LogP contribution in [0.5, 0.6) is 0 Å². The Morgan fingerprint density at radius 2 is 1.90 bits per heavy atom. The zero-order chi connectivity index (χ0) is 14.8. The first-order valence-electron chi connectivity index (χ1n) is 6.16. The summed E-state index contributed by atoms with van der Waals surface area (Å²) in [5.41, 5.74) is -0.164. The first kappa shape index (κ1) is 14.4. The number of nitrogens with zero attached hydrogens (tertiary/aromatic N) is 1. The highest BCUT2D eigenvalue weighted by Crippen LogP contribution is 2.25. The molecule has 0 bridgehead atoms. The summed E-state index contributed by atoms with van der Waals surface area (Å²) >= 11 is 0. The Kier molecular flexibility index (Phi) is 4.03. The highest BCUT2D eigenvalue weighted by Gasteiger charge is 2.31. The molecule has 1 aliphatic heterocycles. The number of nitro benzene ring substituents is 1. The number of carbonyl (C=O) groups excluding carboxylic acids is 1. The molecule has 108 valence electrons. The SMILES string of the molecule is O=C1CC(S(=O)(=O)c2ccc([N+](=O)[O-])cc2)CCCN1. The molecule has 1 unspecified atom stereocenters. The van der Waals surface area contributed by atoms with Gasteiger partial charge in [0.1, 0.15) is 0 Å². The van der Waals surface area contributed by atoms with Gasteiger partial charge in [-0.2, -0.15) is 0 Å². The van der Waals surface area contributed by atoms with Gasteiger partial charge in [-0.05, 0) is 25.0 Å². The van der Waals surface area contributed by atoms with Crippen LogP contribution in [-0.4, -0.2) is 31.0 Å². The third kappa shape index (κ3) is 2.96. The Hall–Kier alpha value is -1.96. The third-order valence-corrected chi connectivity index (χ3v) is 5.46. The van der Waals surface area contributed by atoms with Crippen molar-refractivity contribution < 1.29 is 18.1 Å². The lowest BCUT2D eigenvalue weighted by Gasteiger charge is -2.13. The molecule has 2 rings (SSSR count). The van der Waals surface area contributed by atoms with Gasteiger partial charge in [-0.1, -0.05) is 0 Å². The monoisotopic (exact) mass is 298 g/mol. The topological polar surface area (TPSA) is 106 Å². The van der Waals surface area contributed by atoms with E-state index in [1.54, 1.807) is 0 Å². The number of amides is 1. The minimum atomic E-state index is -3.64. The van der Waals surface area contributed by atoms with E-state index >= 15 is 0 Å². The van der Waals surface area contributed by atoms with Gasteiger partial charge in [0.05, 0.1) is 15.1 Å². The molecular formula is C12H14N2O5S. The summed E-state index contributed by atoms with van der Waals surface area (Å²) < 4.78 is 24.8. The molecule has 20 heavy (non-hydrogen) atoms. The predicted octanol–water partition coefficient (Wildman–Crippen LogP) is 1.04. The van der Waals surface area contributed by atoms with Crippen LogP contribution < -0.4 is 5.32 Å². The van der Waals surface area contributed by atoms with Crippen molar-refractivity contribution in [2.45, 2.75) is 29.4 Å². The second-order valence-electron chi connectivity index (χ2n) is 4.61. The van der Waals surface area contributed by atoms with Crippen molar-refractivity contribution in [1.29, 1.82) is 0 Å². The van der Waals surface area contributed by atoms with Crippen LogP contribution in [0.25, 0.3) is 0 Å². The summed E-state index contributed by atoms with van der Waals surface area (Å²) in [5.74, 6) is -0.280. The van der Waals surface area contributed by atoms with Gasteiger partial charge in [0, 0.05) is 25.1 Å². The Bertz CT molecular complexity index is 624. The van der Waals surface area contributed by atoms with Crippen molar-refractivity contribution in [2.24, 2.45) is 0 Å². The molecule has 1 amide bonds. The van der Waals surface area contributed by atoms with Crippen LogP contribution in [0.3, 0.4) is 0 Å². The van der Waals surface area contributed by atoms with E-state index in [1.165, 1.54) is 12.1 Å². The normalized spacial score (nSPS) is 20.0. The van der Waals surface area contributed by atoms with E-state index in [9.17, 15) is 23.3 Å². The number of benzene rings is 1. The van der Waals surface area contributed by atoms with Crippen LogP contribution in [0.15, 0.2) is 29.2 Å². The van der Waals surface area contributed by atoms with Crippen molar-refractivity contribution >= 4 is 21.4 Å². The second-order valence-corrected chi connectivity index (χ2v) is 6.84. The van der Waals surface area contributed by atoms with Crippen molar-refractivity contribution in [3.63, 3.8) is 0 Å². The molecule has 1 atom stereocenters. The smallest absolute Gasteiger partial charge is 0.269 e. The molecule has 8 heteroatoms. The average Bonchev–Trinajstić information content (AvgIpc) is 2.64. The van der Waals surface area contributed by atoms with Gasteiger partial charge in [0.15, 0.2) is 9.84 Å². The first-order valence-corrected chi connectivity index (χ1v) is 7.71. The summed E-state index contributed by atoms with van der Waals surface area (Å²) in [4.78, 5) is 21.4. The summed E-state index contributed by atoms with van der Waals surface area (Å²) in [7, 11) is -3.64. The van der Waals surface area contributed by atoms with Crippen LogP contribution in [0.4, 0.5) is 5.69 Å². The zero-order valence-corrected chi connectivity index (χ0v) is 11.4. The molecule has 0 spiro atoms. The first-order chi connectivity index (χ1) is 9.41. The quantitative estimate of drug-likeness (QED) is 0.662. The summed E-state index contributed by atoms with van der Waals surface area (Å²) in [6.07, 6.45) is 0.931. The standard InChI is InChI=1S/C12H14N2O5S/c15-12-8-11(2-1-7-13-12)20(18,19)10-5-3-9(4-6-10)14(16)17/h3-6,11H,1-2,7-8H2,(H,13,15). The van der Waals surface area contributed by atoms with Gasteiger partial charge in [0.2, 0.25) is 5.91 Å². The molecule has 1 aliphatic rings. The minimum Gasteiger partial charge on any atom is -0.356 e. The maximum Gasteiger partial charge on any atom is 0.269 e. The van der Waals surface area contributed by atoms with Crippen LogP contribution in [0, 0.1) is 10.1 Å². The molecule has 1 aromatic carbocycles. The molecule has 7 nitrogen and oxygen atoms in total. The highest BCUT2D eigenvalue weighted by atomic mass is 32.2. The average molecular weight is 298 g/mol. The number of nitro groups is 1. The van der Waals surface area contributed by atoms with Gasteiger partial charge >= 0.3 is 0 Å². The number of sulfone groups is 1. The van der Waals surface area contributed by atoms with E-state index in [4.69, 9.17) is 0 Å². The van der Waals surface area contributed by atoms with Crippen molar-refractivity contribution in [3.8, 4) is 0 Å². The summed E-state index contributed by atoms with van der Waals surface area (Å²) in [5, 5.41) is 12.4. The Morgan fingerprint density at radius 3 is 2.50 bits per heavy atom. The van der Waals surface area contributed by atoms with Crippen LogP contribution in [0.2, 0.25) is 0 Å². The Balaban J connectivity index is 2.29. The molecule has 0 saturated carbocycles. The van der Waals surface area contributed by atoms with Gasteiger partial charge in [-0.3, -0.25) is 14.9 Å². The molecule has 1 heterocycles. The van der Waals surface area contributed by atoms with Crippen LogP contribution in [-0.2, 0) is 14.6 Å². The second kappa shape index (κ2) is 5.58.